The van der Waals surface area contributed by atoms with Gasteiger partial charge in [0.15, 0.2) is 0 Å². The highest BCUT2D eigenvalue weighted by atomic mass is 35.5. The summed E-state index contributed by atoms with van der Waals surface area (Å²) in [6, 6.07) is 4.78. The van der Waals surface area contributed by atoms with Crippen molar-refractivity contribution >= 4 is 17.3 Å². The fourth-order valence-corrected chi connectivity index (χ4v) is 4.29. The molecule has 23 heavy (non-hydrogen) atoms. The lowest BCUT2D eigenvalue weighted by atomic mass is 9.98. The molecule has 0 spiro atoms. The first-order valence-electron chi connectivity index (χ1n) is 8.82. The first-order valence-corrected chi connectivity index (χ1v) is 9.20. The minimum absolute atomic E-state index is 0.455. The van der Waals surface area contributed by atoms with Crippen molar-refractivity contribution in [3.63, 3.8) is 0 Å². The third-order valence-corrected chi connectivity index (χ3v) is 5.38. The van der Waals surface area contributed by atoms with Gasteiger partial charge in [-0.25, -0.2) is 0 Å². The van der Waals surface area contributed by atoms with Gasteiger partial charge in [0, 0.05) is 6.54 Å². The highest BCUT2D eigenvalue weighted by molar-refractivity contribution is 6.33. The van der Waals surface area contributed by atoms with Crippen LogP contribution in [0.3, 0.4) is 0 Å². The van der Waals surface area contributed by atoms with Crippen LogP contribution in [-0.2, 0) is 12.8 Å². The van der Waals surface area contributed by atoms with Crippen molar-refractivity contribution in [2.24, 2.45) is 0 Å². The maximum absolute atomic E-state index is 6.69. The quantitative estimate of drug-likeness (QED) is 0.820. The van der Waals surface area contributed by atoms with E-state index in [1.54, 1.807) is 0 Å². The van der Waals surface area contributed by atoms with E-state index in [0.29, 0.717) is 6.04 Å². The summed E-state index contributed by atoms with van der Waals surface area (Å²) in [6.07, 6.45) is 11.3. The Labute approximate surface area is 145 Å². The molecule has 2 aliphatic heterocycles. The average Bonchev–Trinajstić information content (AvgIpc) is 2.90. The Morgan fingerprint density at radius 3 is 2.87 bits per heavy atom. The minimum Gasteiger partial charge on any atom is -0.363 e. The number of rotatable bonds is 3. The van der Waals surface area contributed by atoms with Gasteiger partial charge in [0.1, 0.15) is 0 Å². The molecule has 2 nitrogen and oxygen atoms in total. The van der Waals surface area contributed by atoms with Crippen LogP contribution in [-0.4, -0.2) is 25.7 Å². The maximum Gasteiger partial charge on any atom is 0.0642 e. The van der Waals surface area contributed by atoms with Crippen LogP contribution in [0.4, 0.5) is 5.69 Å². The predicted octanol–water partition coefficient (Wildman–Crippen LogP) is 4.52. The molecule has 3 heteroatoms. The van der Waals surface area contributed by atoms with Gasteiger partial charge in [0.05, 0.1) is 16.8 Å². The number of hydrogen-bond donors (Lipinski definition) is 1. The highest BCUT2D eigenvalue weighted by Crippen LogP contribution is 2.39. The van der Waals surface area contributed by atoms with E-state index in [1.807, 2.05) is 0 Å². The van der Waals surface area contributed by atoms with E-state index in [-0.39, 0.29) is 0 Å². The lowest BCUT2D eigenvalue weighted by Gasteiger charge is -2.31. The summed E-state index contributed by atoms with van der Waals surface area (Å²) in [5, 5.41) is 4.42. The molecule has 1 aromatic carbocycles. The van der Waals surface area contributed by atoms with Crippen LogP contribution in [0, 0.1) is 0 Å². The van der Waals surface area contributed by atoms with Crippen molar-refractivity contribution in [1.29, 1.82) is 0 Å². The average molecular weight is 331 g/mol. The molecule has 1 fully saturated rings. The summed E-state index contributed by atoms with van der Waals surface area (Å²) < 4.78 is 0. The predicted molar refractivity (Wildman–Crippen MR) is 101 cm³/mol. The molecule has 0 bridgehead atoms. The number of benzene rings is 1. The van der Waals surface area contributed by atoms with Crippen LogP contribution in [0.25, 0.3) is 0 Å². The van der Waals surface area contributed by atoms with Gasteiger partial charge < -0.3 is 10.2 Å². The molecule has 0 amide bonds. The Morgan fingerprint density at radius 1 is 1.26 bits per heavy atom. The minimum atomic E-state index is 0.455. The SMILES string of the molecule is C/C=C\C(=C/C)C1CCCN1c1c(Cl)ccc2c1CCNCC2. The zero-order valence-corrected chi connectivity index (χ0v) is 15.0. The number of hydrogen-bond acceptors (Lipinski definition) is 2. The van der Waals surface area contributed by atoms with Crippen molar-refractivity contribution in [3.05, 3.63) is 52.1 Å². The van der Waals surface area contributed by atoms with Crippen molar-refractivity contribution in [3.8, 4) is 0 Å². The molecule has 1 aromatic rings. The molecular weight excluding hydrogens is 304 g/mol. The molecule has 0 aromatic heterocycles. The Morgan fingerprint density at radius 2 is 2.09 bits per heavy atom. The first-order chi connectivity index (χ1) is 11.3. The summed E-state index contributed by atoms with van der Waals surface area (Å²) in [5.74, 6) is 0. The molecule has 1 atom stereocenters. The van der Waals surface area contributed by atoms with E-state index < -0.39 is 0 Å². The largest absolute Gasteiger partial charge is 0.363 e. The third kappa shape index (κ3) is 3.34. The van der Waals surface area contributed by atoms with Gasteiger partial charge in [-0.05, 0) is 75.4 Å². The van der Waals surface area contributed by atoms with Gasteiger partial charge >= 0.3 is 0 Å². The Balaban J connectivity index is 2.03. The number of anilines is 1. The Hall–Kier alpha value is -1.25. The number of nitrogens with one attached hydrogen (secondary N) is 1. The van der Waals surface area contributed by atoms with Crippen LogP contribution >= 0.6 is 11.6 Å². The summed E-state index contributed by atoms with van der Waals surface area (Å²) in [4.78, 5) is 2.56. The summed E-state index contributed by atoms with van der Waals surface area (Å²) in [5.41, 5.74) is 5.63. The van der Waals surface area contributed by atoms with Gasteiger partial charge in [-0.2, -0.15) is 0 Å². The number of nitrogens with zero attached hydrogens (tertiary/aromatic N) is 1. The van der Waals surface area contributed by atoms with Crippen molar-refractivity contribution in [2.75, 3.05) is 24.5 Å². The zero-order chi connectivity index (χ0) is 16.2. The molecule has 0 saturated carbocycles. The molecule has 3 rings (SSSR count). The van der Waals surface area contributed by atoms with E-state index in [4.69, 9.17) is 11.6 Å². The van der Waals surface area contributed by atoms with Crippen LogP contribution < -0.4 is 10.2 Å². The van der Waals surface area contributed by atoms with Crippen LogP contribution in [0.15, 0.2) is 35.9 Å². The smallest absolute Gasteiger partial charge is 0.0642 e. The van der Waals surface area contributed by atoms with Gasteiger partial charge in [-0.15, -0.1) is 0 Å². The Kier molecular flexibility index (Phi) is 5.45. The molecule has 124 valence electrons. The van der Waals surface area contributed by atoms with E-state index in [1.165, 1.54) is 35.2 Å². The maximum atomic E-state index is 6.69. The second-order valence-electron chi connectivity index (χ2n) is 6.42. The van der Waals surface area contributed by atoms with Gasteiger partial charge in [-0.3, -0.25) is 0 Å². The molecule has 2 heterocycles. The fraction of sp³-hybridized carbons (Fsp3) is 0.500. The van der Waals surface area contributed by atoms with E-state index in [2.05, 4.69) is 54.4 Å². The second-order valence-corrected chi connectivity index (χ2v) is 6.83. The van der Waals surface area contributed by atoms with Crippen molar-refractivity contribution < 1.29 is 0 Å². The molecule has 1 unspecified atom stereocenters. The Bertz CT molecular complexity index is 618. The normalized spacial score (nSPS) is 22.5. The molecule has 0 radical (unpaired) electrons. The van der Waals surface area contributed by atoms with E-state index in [0.717, 1.165) is 37.5 Å². The van der Waals surface area contributed by atoms with Gasteiger partial charge in [0.2, 0.25) is 0 Å². The topological polar surface area (TPSA) is 15.3 Å². The van der Waals surface area contributed by atoms with Crippen molar-refractivity contribution in [1.82, 2.24) is 5.32 Å². The van der Waals surface area contributed by atoms with Crippen LogP contribution in [0.2, 0.25) is 5.02 Å². The van der Waals surface area contributed by atoms with Crippen molar-refractivity contribution in [2.45, 2.75) is 45.6 Å². The van der Waals surface area contributed by atoms with E-state index >= 15 is 0 Å². The first kappa shape index (κ1) is 16.6. The highest BCUT2D eigenvalue weighted by Gasteiger charge is 2.30. The molecule has 1 N–H and O–H groups in total. The van der Waals surface area contributed by atoms with Gasteiger partial charge in [0.25, 0.3) is 0 Å². The molecular formula is C20H27ClN2. The zero-order valence-electron chi connectivity index (χ0n) is 14.2. The summed E-state index contributed by atoms with van der Waals surface area (Å²) >= 11 is 6.69. The third-order valence-electron chi connectivity index (χ3n) is 5.07. The van der Waals surface area contributed by atoms with E-state index in [9.17, 15) is 0 Å². The summed E-state index contributed by atoms with van der Waals surface area (Å²) in [6.45, 7) is 7.45. The number of fused-ring (bicyclic) bond motifs is 1. The number of allylic oxidation sites excluding steroid dienone is 2. The molecule has 2 aliphatic rings. The molecule has 0 aliphatic carbocycles. The van der Waals surface area contributed by atoms with Crippen LogP contribution in [0.5, 0.6) is 0 Å². The lowest BCUT2D eigenvalue weighted by molar-refractivity contribution is 0.709. The fourth-order valence-electron chi connectivity index (χ4n) is 4.01. The number of halogens is 1. The standard InChI is InChI=1S/C20H27ClN2/c1-3-6-15(4-2)19-7-5-14-23(19)20-17-11-13-22-12-10-16(17)8-9-18(20)21/h3-4,6,8-9,19,22H,5,7,10-14H2,1-2H3/b6-3-,15-4+. The second kappa shape index (κ2) is 7.55. The summed E-state index contributed by atoms with van der Waals surface area (Å²) in [7, 11) is 0. The van der Waals surface area contributed by atoms with Crippen LogP contribution in [0.1, 0.15) is 37.8 Å². The molecule has 1 saturated heterocycles. The van der Waals surface area contributed by atoms with Gasteiger partial charge in [-0.1, -0.05) is 35.9 Å². The monoisotopic (exact) mass is 330 g/mol. The lowest BCUT2D eigenvalue weighted by Crippen LogP contribution is -2.32.